The summed E-state index contributed by atoms with van der Waals surface area (Å²) in [5.41, 5.74) is -0.0384. The number of anilines is 2. The van der Waals surface area contributed by atoms with E-state index < -0.39 is 39.6 Å². The molecule has 11 heteroatoms. The number of rotatable bonds is 4. The van der Waals surface area contributed by atoms with Crippen LogP contribution in [0, 0.1) is 0 Å². The van der Waals surface area contributed by atoms with Gasteiger partial charge < -0.3 is 5.32 Å². The van der Waals surface area contributed by atoms with Crippen LogP contribution in [-0.2, 0) is 32.2 Å². The molecule has 2 heterocycles. The van der Waals surface area contributed by atoms with Crippen molar-refractivity contribution in [1.29, 1.82) is 0 Å². The van der Waals surface area contributed by atoms with E-state index in [1.54, 1.807) is 0 Å². The molecular weight excluding hydrogens is 459 g/mol. The van der Waals surface area contributed by atoms with Crippen molar-refractivity contribution in [2.45, 2.75) is 43.3 Å². The Morgan fingerprint density at radius 3 is 2.39 bits per heavy atom. The molecule has 2 aliphatic rings. The molecule has 1 fully saturated rings. The molecular formula is C22H22F3N3O4S. The number of benzene rings is 2. The summed E-state index contributed by atoms with van der Waals surface area (Å²) >= 11 is 0. The fraction of sp³-hybridized carbons (Fsp3) is 0.364. The van der Waals surface area contributed by atoms with Gasteiger partial charge in [-0.1, -0.05) is 6.07 Å². The molecule has 2 amide bonds. The highest BCUT2D eigenvalue weighted by atomic mass is 32.2. The summed E-state index contributed by atoms with van der Waals surface area (Å²) in [7, 11) is -3.68. The Labute approximate surface area is 189 Å². The highest BCUT2D eigenvalue weighted by Gasteiger charge is 2.39. The van der Waals surface area contributed by atoms with Crippen molar-refractivity contribution < 1.29 is 31.2 Å². The number of hydrogen-bond acceptors (Lipinski definition) is 4. The number of fused-ring (bicyclic) bond motifs is 1. The lowest BCUT2D eigenvalue weighted by atomic mass is 10.1. The van der Waals surface area contributed by atoms with Crippen LogP contribution in [0.4, 0.5) is 24.5 Å². The van der Waals surface area contributed by atoms with E-state index in [0.717, 1.165) is 25.0 Å². The van der Waals surface area contributed by atoms with Crippen LogP contribution >= 0.6 is 0 Å². The van der Waals surface area contributed by atoms with E-state index in [0.29, 0.717) is 24.3 Å². The number of sulfonamides is 1. The average molecular weight is 481 g/mol. The number of alkyl halides is 3. The van der Waals surface area contributed by atoms with Crippen molar-refractivity contribution in [2.24, 2.45) is 0 Å². The van der Waals surface area contributed by atoms with Gasteiger partial charge in [0.2, 0.25) is 21.8 Å². The summed E-state index contributed by atoms with van der Waals surface area (Å²) < 4.78 is 66.1. The van der Waals surface area contributed by atoms with Crippen molar-refractivity contribution in [3.05, 3.63) is 53.6 Å². The van der Waals surface area contributed by atoms with Crippen molar-refractivity contribution in [3.8, 4) is 0 Å². The molecule has 0 bridgehead atoms. The first-order valence-electron chi connectivity index (χ1n) is 10.4. The number of carbonyl (C=O) groups is 2. The molecule has 2 aliphatic heterocycles. The second-order valence-corrected chi connectivity index (χ2v) is 10.0. The largest absolute Gasteiger partial charge is 0.416 e. The Balaban J connectivity index is 1.60. The number of nitrogens with zero attached hydrogens (tertiary/aromatic N) is 2. The van der Waals surface area contributed by atoms with Gasteiger partial charge >= 0.3 is 6.18 Å². The zero-order valence-electron chi connectivity index (χ0n) is 17.7. The second kappa shape index (κ2) is 8.45. The van der Waals surface area contributed by atoms with Gasteiger partial charge in [-0.25, -0.2) is 8.42 Å². The molecule has 1 atom stereocenters. The monoisotopic (exact) mass is 481 g/mol. The van der Waals surface area contributed by atoms with Crippen LogP contribution in [0.3, 0.4) is 0 Å². The maximum atomic E-state index is 13.0. The van der Waals surface area contributed by atoms with E-state index in [1.807, 2.05) is 0 Å². The van der Waals surface area contributed by atoms with E-state index in [4.69, 9.17) is 0 Å². The van der Waals surface area contributed by atoms with Crippen LogP contribution in [0.2, 0.25) is 0 Å². The topological polar surface area (TPSA) is 86.8 Å². The lowest BCUT2D eigenvalue weighted by molar-refractivity contribution is -0.137. The van der Waals surface area contributed by atoms with Gasteiger partial charge in [0.25, 0.3) is 0 Å². The van der Waals surface area contributed by atoms with Gasteiger partial charge in [0.15, 0.2) is 0 Å². The third kappa shape index (κ3) is 4.47. The lowest BCUT2D eigenvalue weighted by Gasteiger charge is -2.23. The predicted molar refractivity (Wildman–Crippen MR) is 115 cm³/mol. The number of carbonyl (C=O) groups excluding carboxylic acids is 2. The molecule has 2 aromatic rings. The fourth-order valence-electron chi connectivity index (χ4n) is 4.26. The summed E-state index contributed by atoms with van der Waals surface area (Å²) in [4.78, 5) is 26.6. The van der Waals surface area contributed by atoms with Crippen LogP contribution < -0.4 is 10.2 Å². The van der Waals surface area contributed by atoms with Gasteiger partial charge in [-0.15, -0.1) is 0 Å². The summed E-state index contributed by atoms with van der Waals surface area (Å²) in [6.45, 7) is 2.16. The van der Waals surface area contributed by atoms with E-state index >= 15 is 0 Å². The highest BCUT2D eigenvalue weighted by molar-refractivity contribution is 7.89. The molecule has 176 valence electrons. The zero-order chi connectivity index (χ0) is 24.0. The first-order valence-corrected chi connectivity index (χ1v) is 11.8. The molecule has 7 nitrogen and oxygen atoms in total. The standard InChI is InChI=1S/C22H22F3N3O4S/c1-14(29)28-19-8-7-18(33(31,32)27-9-2-3-10-27)11-15(19)12-20(28)21(30)26-17-6-4-5-16(13-17)22(23,24)25/h4-8,11,13,20H,2-3,9-10,12H2,1H3,(H,26,30)/t20-/m0/s1. The summed E-state index contributed by atoms with van der Waals surface area (Å²) in [5, 5.41) is 2.45. The summed E-state index contributed by atoms with van der Waals surface area (Å²) in [5.74, 6) is -1.10. The van der Waals surface area contributed by atoms with Crippen LogP contribution in [0.25, 0.3) is 0 Å². The molecule has 0 spiro atoms. The number of nitrogens with one attached hydrogen (secondary N) is 1. The van der Waals surface area contributed by atoms with Crippen LogP contribution in [0.5, 0.6) is 0 Å². The minimum Gasteiger partial charge on any atom is -0.324 e. The van der Waals surface area contributed by atoms with Crippen LogP contribution in [0.1, 0.15) is 30.9 Å². The van der Waals surface area contributed by atoms with E-state index in [2.05, 4.69) is 5.32 Å². The predicted octanol–water partition coefficient (Wildman–Crippen LogP) is 3.41. The van der Waals surface area contributed by atoms with E-state index in [9.17, 15) is 31.2 Å². The molecule has 0 saturated carbocycles. The van der Waals surface area contributed by atoms with E-state index in [-0.39, 0.29) is 17.0 Å². The molecule has 1 saturated heterocycles. The SMILES string of the molecule is CC(=O)N1c2ccc(S(=O)(=O)N3CCCC3)cc2C[C@H]1C(=O)Nc1cccc(C(F)(F)F)c1. The van der Waals surface area contributed by atoms with Gasteiger partial charge in [0, 0.05) is 37.8 Å². The Bertz CT molecular complexity index is 1210. The van der Waals surface area contributed by atoms with Crippen LogP contribution in [0.15, 0.2) is 47.4 Å². The molecule has 0 radical (unpaired) electrons. The van der Waals surface area contributed by atoms with Gasteiger partial charge in [0.05, 0.1) is 10.5 Å². The average Bonchev–Trinajstić information content (AvgIpc) is 3.41. The summed E-state index contributed by atoms with van der Waals surface area (Å²) in [6, 6.07) is 7.58. The van der Waals surface area contributed by atoms with Crippen LogP contribution in [-0.4, -0.2) is 43.7 Å². The molecule has 0 unspecified atom stereocenters. The number of hydrogen-bond donors (Lipinski definition) is 1. The number of halogens is 3. The van der Waals surface area contributed by atoms with Crippen molar-refractivity contribution in [3.63, 3.8) is 0 Å². The Morgan fingerprint density at radius 2 is 1.76 bits per heavy atom. The minimum absolute atomic E-state index is 0.0447. The molecule has 33 heavy (non-hydrogen) atoms. The van der Waals surface area contributed by atoms with Gasteiger partial charge in [-0.05, 0) is 54.8 Å². The van der Waals surface area contributed by atoms with Gasteiger partial charge in [0.1, 0.15) is 6.04 Å². The smallest absolute Gasteiger partial charge is 0.324 e. The molecule has 1 N–H and O–H groups in total. The maximum absolute atomic E-state index is 13.0. The van der Waals surface area contributed by atoms with E-state index in [1.165, 1.54) is 46.5 Å². The Hall–Kier alpha value is -2.92. The molecule has 2 aromatic carbocycles. The van der Waals surface area contributed by atoms with Crippen molar-refractivity contribution in [1.82, 2.24) is 4.31 Å². The Kier molecular flexibility index (Phi) is 5.95. The van der Waals surface area contributed by atoms with Gasteiger partial charge in [-0.3, -0.25) is 14.5 Å². The quantitative estimate of drug-likeness (QED) is 0.725. The van der Waals surface area contributed by atoms with Crippen molar-refractivity contribution >= 4 is 33.2 Å². The second-order valence-electron chi connectivity index (χ2n) is 8.08. The van der Waals surface area contributed by atoms with Gasteiger partial charge in [-0.2, -0.15) is 17.5 Å². The highest BCUT2D eigenvalue weighted by Crippen LogP contribution is 2.36. The fourth-order valence-corrected chi connectivity index (χ4v) is 5.83. The molecule has 4 rings (SSSR count). The summed E-state index contributed by atoms with van der Waals surface area (Å²) in [6.07, 6.45) is -2.93. The normalized spacial score (nSPS) is 18.9. The lowest BCUT2D eigenvalue weighted by Crippen LogP contribution is -2.44. The minimum atomic E-state index is -4.56. The first-order chi connectivity index (χ1) is 15.5. The van der Waals surface area contributed by atoms with Crippen molar-refractivity contribution in [2.75, 3.05) is 23.3 Å². The number of amides is 2. The maximum Gasteiger partial charge on any atom is 0.416 e. The third-order valence-corrected chi connectivity index (χ3v) is 7.73. The first kappa shape index (κ1) is 23.2. The molecule has 0 aliphatic carbocycles. The Morgan fingerprint density at radius 1 is 1.06 bits per heavy atom. The molecule has 0 aromatic heterocycles. The zero-order valence-corrected chi connectivity index (χ0v) is 18.5. The third-order valence-electron chi connectivity index (χ3n) is 5.84.